The van der Waals surface area contributed by atoms with Gasteiger partial charge in [-0.05, 0) is 25.0 Å². The predicted molar refractivity (Wildman–Crippen MR) is 66.6 cm³/mol. The topological polar surface area (TPSA) is 55.2 Å². The van der Waals surface area contributed by atoms with Crippen molar-refractivity contribution < 1.29 is 18.1 Å². The molecule has 106 valence electrons. The quantitative estimate of drug-likeness (QED) is 0.500. The van der Waals surface area contributed by atoms with Gasteiger partial charge in [0.2, 0.25) is 0 Å². The summed E-state index contributed by atoms with van der Waals surface area (Å²) in [6, 6.07) is 2.64. The van der Waals surface area contributed by atoms with E-state index in [1.54, 1.807) is 6.92 Å². The van der Waals surface area contributed by atoms with Gasteiger partial charge in [0, 0.05) is 24.7 Å². The van der Waals surface area contributed by atoms with Crippen LogP contribution in [0.3, 0.4) is 0 Å². The molecule has 0 saturated carbocycles. The molecule has 0 atom stereocenters. The van der Waals surface area contributed by atoms with Crippen molar-refractivity contribution in [3.63, 3.8) is 0 Å². The van der Waals surface area contributed by atoms with Gasteiger partial charge >= 0.3 is 6.18 Å². The Kier molecular flexibility index (Phi) is 4.99. The largest absolute Gasteiger partial charge is 0.389 e. The number of hydrogen-bond donors (Lipinski definition) is 1. The van der Waals surface area contributed by atoms with Crippen molar-refractivity contribution in [2.75, 3.05) is 11.9 Å². The first-order chi connectivity index (χ1) is 8.70. The summed E-state index contributed by atoms with van der Waals surface area (Å²) >= 11 is 5.72. The number of alkyl halides is 3. The number of rotatable bonds is 5. The summed E-state index contributed by atoms with van der Waals surface area (Å²) in [5.41, 5.74) is 0.834. The lowest BCUT2D eigenvalue weighted by Crippen LogP contribution is -2.11. The number of halogens is 4. The molecule has 0 fully saturated rings. The minimum absolute atomic E-state index is 0.0473. The Morgan fingerprint density at radius 1 is 1.42 bits per heavy atom. The van der Waals surface area contributed by atoms with Gasteiger partial charge in [-0.1, -0.05) is 11.6 Å². The van der Waals surface area contributed by atoms with Crippen LogP contribution >= 0.6 is 11.6 Å². The normalized spacial score (nSPS) is 11.4. The Balaban J connectivity index is 2.65. The number of anilines is 1. The van der Waals surface area contributed by atoms with E-state index in [0.717, 1.165) is 0 Å². The lowest BCUT2D eigenvalue weighted by molar-refractivity contribution is -0.384. The fourth-order valence-electron chi connectivity index (χ4n) is 1.51. The third-order valence-electron chi connectivity index (χ3n) is 2.44. The second-order valence-electron chi connectivity index (χ2n) is 4.02. The smallest absolute Gasteiger partial charge is 0.385 e. The molecular formula is C11H12ClF3N2O2. The summed E-state index contributed by atoms with van der Waals surface area (Å²) < 4.78 is 35.8. The van der Waals surface area contributed by atoms with Crippen molar-refractivity contribution >= 4 is 23.0 Å². The first-order valence-electron chi connectivity index (χ1n) is 5.46. The summed E-state index contributed by atoms with van der Waals surface area (Å²) in [6.45, 7) is 1.74. The van der Waals surface area contributed by atoms with Gasteiger partial charge in [0.1, 0.15) is 5.02 Å². The number of nitro benzene ring substituents is 1. The van der Waals surface area contributed by atoms with Gasteiger partial charge in [-0.15, -0.1) is 0 Å². The molecule has 0 spiro atoms. The van der Waals surface area contributed by atoms with Crippen molar-refractivity contribution in [3.8, 4) is 0 Å². The van der Waals surface area contributed by atoms with E-state index < -0.39 is 17.5 Å². The van der Waals surface area contributed by atoms with Gasteiger partial charge in [0.05, 0.1) is 4.92 Å². The van der Waals surface area contributed by atoms with Crippen LogP contribution in [0.4, 0.5) is 24.5 Å². The van der Waals surface area contributed by atoms with Crippen LogP contribution in [-0.4, -0.2) is 17.6 Å². The second-order valence-corrected chi connectivity index (χ2v) is 4.43. The maximum atomic E-state index is 11.9. The molecule has 0 aliphatic carbocycles. The summed E-state index contributed by atoms with van der Waals surface area (Å²) in [5.74, 6) is 0. The van der Waals surface area contributed by atoms with Crippen LogP contribution in [0.2, 0.25) is 5.02 Å². The molecule has 0 unspecified atom stereocenters. The van der Waals surface area contributed by atoms with Crippen LogP contribution in [0, 0.1) is 17.0 Å². The third-order valence-corrected chi connectivity index (χ3v) is 2.75. The van der Waals surface area contributed by atoms with E-state index in [1.807, 2.05) is 0 Å². The molecule has 0 aromatic heterocycles. The molecule has 1 aromatic rings. The number of nitrogens with one attached hydrogen (secondary N) is 1. The zero-order chi connectivity index (χ0) is 14.6. The van der Waals surface area contributed by atoms with E-state index in [4.69, 9.17) is 11.6 Å². The molecule has 0 radical (unpaired) electrons. The molecule has 1 rings (SSSR count). The molecule has 0 bridgehead atoms. The molecule has 1 aromatic carbocycles. The van der Waals surface area contributed by atoms with Crippen molar-refractivity contribution in [2.24, 2.45) is 0 Å². The summed E-state index contributed by atoms with van der Waals surface area (Å²) in [7, 11) is 0. The monoisotopic (exact) mass is 296 g/mol. The number of nitro groups is 1. The van der Waals surface area contributed by atoms with Crippen LogP contribution in [0.5, 0.6) is 0 Å². The molecule has 4 nitrogen and oxygen atoms in total. The zero-order valence-electron chi connectivity index (χ0n) is 10.1. The van der Waals surface area contributed by atoms with E-state index in [-0.39, 0.29) is 23.7 Å². The molecular weight excluding hydrogens is 285 g/mol. The lowest BCUT2D eigenvalue weighted by atomic mass is 10.1. The van der Waals surface area contributed by atoms with Gasteiger partial charge in [0.15, 0.2) is 0 Å². The fraction of sp³-hybridized carbons (Fsp3) is 0.455. The Morgan fingerprint density at radius 3 is 2.58 bits per heavy atom. The van der Waals surface area contributed by atoms with Crippen LogP contribution in [0.25, 0.3) is 0 Å². The Labute approximate surface area is 112 Å². The summed E-state index contributed by atoms with van der Waals surface area (Å²) in [4.78, 5) is 10.0. The maximum absolute atomic E-state index is 11.9. The Hall–Kier alpha value is -1.50. The third kappa shape index (κ3) is 4.94. The lowest BCUT2D eigenvalue weighted by Gasteiger charge is -2.11. The van der Waals surface area contributed by atoms with Crippen molar-refractivity contribution in [1.29, 1.82) is 0 Å². The van der Waals surface area contributed by atoms with Gasteiger partial charge in [0.25, 0.3) is 5.69 Å². The van der Waals surface area contributed by atoms with Gasteiger partial charge in [-0.2, -0.15) is 13.2 Å². The zero-order valence-corrected chi connectivity index (χ0v) is 10.8. The minimum atomic E-state index is -4.18. The van der Waals surface area contributed by atoms with E-state index in [9.17, 15) is 23.3 Å². The number of benzene rings is 1. The molecule has 0 saturated heterocycles. The van der Waals surface area contributed by atoms with E-state index in [0.29, 0.717) is 11.3 Å². The average Bonchev–Trinajstić information content (AvgIpc) is 2.26. The van der Waals surface area contributed by atoms with Gasteiger partial charge in [-0.25, -0.2) is 0 Å². The maximum Gasteiger partial charge on any atom is 0.389 e. The number of hydrogen-bond acceptors (Lipinski definition) is 3. The van der Waals surface area contributed by atoms with Crippen LogP contribution in [0.1, 0.15) is 18.4 Å². The average molecular weight is 297 g/mol. The summed E-state index contributed by atoms with van der Waals surface area (Å²) in [5, 5.41) is 13.4. The highest BCUT2D eigenvalue weighted by molar-refractivity contribution is 6.33. The minimum Gasteiger partial charge on any atom is -0.385 e. The Morgan fingerprint density at radius 2 is 2.05 bits per heavy atom. The van der Waals surface area contributed by atoms with Crippen LogP contribution in [-0.2, 0) is 0 Å². The molecule has 1 N–H and O–H groups in total. The SMILES string of the molecule is Cc1cc([N+](=O)[O-])c(Cl)cc1NCCCC(F)(F)F. The van der Waals surface area contributed by atoms with E-state index in [1.165, 1.54) is 12.1 Å². The number of aryl methyl sites for hydroxylation is 1. The molecule has 0 heterocycles. The molecule has 8 heteroatoms. The highest BCUT2D eigenvalue weighted by atomic mass is 35.5. The molecule has 19 heavy (non-hydrogen) atoms. The summed E-state index contributed by atoms with van der Waals surface area (Å²) in [6.07, 6.45) is -5.12. The van der Waals surface area contributed by atoms with Gasteiger partial charge < -0.3 is 5.32 Å². The van der Waals surface area contributed by atoms with Crippen molar-refractivity contribution in [3.05, 3.63) is 32.8 Å². The van der Waals surface area contributed by atoms with Crippen LogP contribution in [0.15, 0.2) is 12.1 Å². The molecule has 0 aliphatic heterocycles. The van der Waals surface area contributed by atoms with E-state index in [2.05, 4.69) is 5.32 Å². The second kappa shape index (κ2) is 6.10. The fourth-order valence-corrected chi connectivity index (χ4v) is 1.74. The molecule has 0 amide bonds. The number of nitrogens with zero attached hydrogens (tertiary/aromatic N) is 1. The Bertz CT molecular complexity index is 478. The highest BCUT2D eigenvalue weighted by Crippen LogP contribution is 2.30. The first kappa shape index (κ1) is 15.6. The first-order valence-corrected chi connectivity index (χ1v) is 5.83. The standard InChI is InChI=1S/C11H12ClF3N2O2/c1-7-5-10(17(18)19)8(12)6-9(7)16-4-2-3-11(13,14)15/h5-6,16H,2-4H2,1H3. The molecule has 0 aliphatic rings. The van der Waals surface area contributed by atoms with E-state index >= 15 is 0 Å². The van der Waals surface area contributed by atoms with Gasteiger partial charge in [-0.3, -0.25) is 10.1 Å². The highest BCUT2D eigenvalue weighted by Gasteiger charge is 2.25. The predicted octanol–water partition coefficient (Wildman–Crippen LogP) is 4.31. The van der Waals surface area contributed by atoms with Crippen LogP contribution < -0.4 is 5.32 Å². The van der Waals surface area contributed by atoms with Crippen molar-refractivity contribution in [1.82, 2.24) is 0 Å². The van der Waals surface area contributed by atoms with Crippen molar-refractivity contribution in [2.45, 2.75) is 25.9 Å².